The van der Waals surface area contributed by atoms with Crippen LogP contribution in [0.25, 0.3) is 0 Å². The van der Waals surface area contributed by atoms with Crippen molar-refractivity contribution < 1.29 is 9.53 Å². The van der Waals surface area contributed by atoms with Crippen molar-refractivity contribution in [3.8, 4) is 0 Å². The minimum atomic E-state index is -0.482. The molecule has 1 unspecified atom stereocenters. The van der Waals surface area contributed by atoms with Crippen LogP contribution in [0.2, 0.25) is 0 Å². The third-order valence-corrected chi connectivity index (χ3v) is 3.95. The van der Waals surface area contributed by atoms with Crippen molar-refractivity contribution in [2.24, 2.45) is 4.99 Å². The molecule has 1 amide bonds. The molecular weight excluding hydrogens is 358 g/mol. The maximum atomic E-state index is 12.2. The molecule has 2 rings (SSSR count). The number of amidine groups is 1. The number of aliphatic imine (C=N–C) groups is 1. The molecule has 1 aromatic rings. The maximum Gasteiger partial charge on any atom is 0.410 e. The van der Waals surface area contributed by atoms with Crippen LogP contribution in [0, 0.1) is 0 Å². The Morgan fingerprint density at radius 1 is 1.35 bits per heavy atom. The number of hydrogen-bond donors (Lipinski definition) is 1. The van der Waals surface area contributed by atoms with Crippen LogP contribution in [0.4, 0.5) is 4.79 Å². The number of carbonyl (C=O) groups is 1. The third-order valence-electron chi connectivity index (χ3n) is 3.42. The fourth-order valence-electron chi connectivity index (χ4n) is 2.27. The Balaban J connectivity index is 1.94. The lowest BCUT2D eigenvalue weighted by molar-refractivity contribution is 0.0276. The van der Waals surface area contributed by atoms with Gasteiger partial charge in [0.15, 0.2) is 0 Å². The molecule has 1 aromatic carbocycles. The number of halogens is 1. The minimum absolute atomic E-state index is 0.125. The van der Waals surface area contributed by atoms with E-state index in [-0.39, 0.29) is 12.1 Å². The Kier molecular flexibility index (Phi) is 5.68. The summed E-state index contributed by atoms with van der Waals surface area (Å²) in [5.41, 5.74) is 0.689. The molecular formula is C17H24BrN3O2. The highest BCUT2D eigenvalue weighted by Crippen LogP contribution is 2.17. The Morgan fingerprint density at radius 2 is 2.00 bits per heavy atom. The molecule has 1 aliphatic heterocycles. The van der Waals surface area contributed by atoms with Gasteiger partial charge >= 0.3 is 6.09 Å². The van der Waals surface area contributed by atoms with E-state index in [1.807, 2.05) is 32.9 Å². The Morgan fingerprint density at radius 3 is 2.61 bits per heavy atom. The highest BCUT2D eigenvalue weighted by Gasteiger charge is 2.25. The largest absolute Gasteiger partial charge is 0.444 e. The Hall–Kier alpha value is -1.56. The number of nitrogens with zero attached hydrogens (tertiary/aromatic N) is 2. The molecule has 1 atom stereocenters. The van der Waals surface area contributed by atoms with Gasteiger partial charge in [-0.05, 0) is 45.4 Å². The summed E-state index contributed by atoms with van der Waals surface area (Å²) in [6.07, 6.45) is -0.289. The summed E-state index contributed by atoms with van der Waals surface area (Å²) in [4.78, 5) is 18.3. The van der Waals surface area contributed by atoms with Crippen LogP contribution < -0.4 is 5.32 Å². The smallest absolute Gasteiger partial charge is 0.410 e. The lowest BCUT2D eigenvalue weighted by Crippen LogP contribution is -2.47. The normalized spacial score (nSPS) is 16.6. The number of carbonyl (C=O) groups excluding carboxylic acids is 1. The van der Waals surface area contributed by atoms with Crippen molar-refractivity contribution in [2.45, 2.75) is 39.3 Å². The fourth-order valence-corrected chi connectivity index (χ4v) is 2.54. The lowest BCUT2D eigenvalue weighted by Gasteiger charge is -2.30. The van der Waals surface area contributed by atoms with Gasteiger partial charge in [-0.15, -0.1) is 0 Å². The predicted octanol–water partition coefficient (Wildman–Crippen LogP) is 3.75. The average molecular weight is 382 g/mol. The van der Waals surface area contributed by atoms with E-state index in [1.165, 1.54) is 5.56 Å². The van der Waals surface area contributed by atoms with E-state index in [0.717, 1.165) is 10.3 Å². The van der Waals surface area contributed by atoms with Crippen LogP contribution in [0.1, 0.15) is 39.3 Å². The molecule has 0 spiro atoms. The van der Waals surface area contributed by atoms with Crippen molar-refractivity contribution in [1.29, 1.82) is 0 Å². The molecule has 0 saturated carbocycles. The van der Waals surface area contributed by atoms with Crippen LogP contribution in [-0.2, 0) is 4.74 Å². The predicted molar refractivity (Wildman–Crippen MR) is 95.8 cm³/mol. The van der Waals surface area contributed by atoms with Crippen molar-refractivity contribution in [3.05, 3.63) is 34.3 Å². The Bertz CT molecular complexity index is 578. The molecule has 1 N–H and O–H groups in total. The van der Waals surface area contributed by atoms with Gasteiger partial charge in [0.05, 0.1) is 13.1 Å². The van der Waals surface area contributed by atoms with E-state index in [4.69, 9.17) is 4.74 Å². The average Bonchev–Trinajstić information content (AvgIpc) is 2.46. The van der Waals surface area contributed by atoms with Gasteiger partial charge in [0.1, 0.15) is 11.4 Å². The van der Waals surface area contributed by atoms with Crippen molar-refractivity contribution in [3.63, 3.8) is 0 Å². The monoisotopic (exact) mass is 381 g/mol. The number of hydrogen-bond acceptors (Lipinski definition) is 4. The zero-order valence-corrected chi connectivity index (χ0v) is 15.7. The third kappa shape index (κ3) is 5.53. The number of nitrogens with one attached hydrogen (secondary N) is 1. The van der Waals surface area contributed by atoms with Crippen molar-refractivity contribution >= 4 is 27.9 Å². The van der Waals surface area contributed by atoms with Crippen LogP contribution in [0.3, 0.4) is 0 Å². The molecule has 0 aliphatic carbocycles. The topological polar surface area (TPSA) is 53.9 Å². The first-order valence-corrected chi connectivity index (χ1v) is 8.57. The van der Waals surface area contributed by atoms with Gasteiger partial charge in [-0.1, -0.05) is 28.1 Å². The fraction of sp³-hybridized carbons (Fsp3) is 0.529. The second kappa shape index (κ2) is 7.34. The number of rotatable bonds is 2. The van der Waals surface area contributed by atoms with E-state index in [0.29, 0.717) is 19.6 Å². The molecule has 23 heavy (non-hydrogen) atoms. The molecule has 1 heterocycles. The molecule has 5 nitrogen and oxygen atoms in total. The van der Waals surface area contributed by atoms with Gasteiger partial charge in [-0.25, -0.2) is 4.79 Å². The first-order valence-electron chi connectivity index (χ1n) is 7.78. The van der Waals surface area contributed by atoms with E-state index in [9.17, 15) is 4.79 Å². The Labute approximate surface area is 146 Å². The summed E-state index contributed by atoms with van der Waals surface area (Å²) < 4.78 is 6.48. The second-order valence-corrected chi connectivity index (χ2v) is 7.56. The van der Waals surface area contributed by atoms with Gasteiger partial charge in [0.2, 0.25) is 0 Å². The zero-order chi connectivity index (χ0) is 17.0. The lowest BCUT2D eigenvalue weighted by atomic mass is 10.1. The summed E-state index contributed by atoms with van der Waals surface area (Å²) in [5, 5.41) is 3.39. The van der Waals surface area contributed by atoms with E-state index < -0.39 is 5.60 Å². The maximum absolute atomic E-state index is 12.2. The molecule has 0 fully saturated rings. The number of amides is 1. The number of ether oxygens (including phenoxy) is 1. The van der Waals surface area contributed by atoms with Crippen LogP contribution >= 0.6 is 15.9 Å². The summed E-state index contributed by atoms with van der Waals surface area (Å²) in [7, 11) is 0. The zero-order valence-electron chi connectivity index (χ0n) is 14.1. The molecule has 6 heteroatoms. The molecule has 0 bridgehead atoms. The van der Waals surface area contributed by atoms with Gasteiger partial charge in [0.25, 0.3) is 0 Å². The van der Waals surface area contributed by atoms with Crippen LogP contribution in [0.15, 0.2) is 33.7 Å². The van der Waals surface area contributed by atoms with E-state index in [1.54, 1.807) is 4.90 Å². The highest BCUT2D eigenvalue weighted by atomic mass is 79.9. The molecule has 0 radical (unpaired) electrons. The summed E-state index contributed by atoms with van der Waals surface area (Å²) in [6, 6.07) is 8.29. The molecule has 126 valence electrons. The minimum Gasteiger partial charge on any atom is -0.444 e. The van der Waals surface area contributed by atoms with E-state index >= 15 is 0 Å². The standard InChI is InChI=1S/C17H24BrN3O2/c1-12(13-5-7-14(18)8-6-13)20-15-11-21(10-9-19-15)16(22)23-17(2,3)4/h5-8,12H,9-11H2,1-4H3,(H,19,20). The van der Waals surface area contributed by atoms with Gasteiger partial charge in [-0.2, -0.15) is 0 Å². The number of benzene rings is 1. The second-order valence-electron chi connectivity index (χ2n) is 6.65. The van der Waals surface area contributed by atoms with Crippen LogP contribution in [0.5, 0.6) is 0 Å². The molecule has 0 aromatic heterocycles. The summed E-state index contributed by atoms with van der Waals surface area (Å²) in [6.45, 7) is 9.34. The first-order chi connectivity index (χ1) is 10.7. The molecule has 1 aliphatic rings. The van der Waals surface area contributed by atoms with Crippen molar-refractivity contribution in [1.82, 2.24) is 10.2 Å². The van der Waals surface area contributed by atoms with Crippen molar-refractivity contribution in [2.75, 3.05) is 19.6 Å². The van der Waals surface area contributed by atoms with Gasteiger partial charge in [0, 0.05) is 17.1 Å². The first kappa shape index (κ1) is 17.8. The quantitative estimate of drug-likeness (QED) is 0.848. The summed E-state index contributed by atoms with van der Waals surface area (Å²) >= 11 is 3.44. The van der Waals surface area contributed by atoms with Gasteiger partial charge in [-0.3, -0.25) is 9.89 Å². The SMILES string of the molecule is CC(NC1=NCCN(C(=O)OC(C)(C)C)C1)c1ccc(Br)cc1. The van der Waals surface area contributed by atoms with Crippen LogP contribution in [-0.4, -0.2) is 42.1 Å². The molecule has 0 saturated heterocycles. The van der Waals surface area contributed by atoms with E-state index in [2.05, 4.69) is 45.3 Å². The summed E-state index contributed by atoms with van der Waals surface area (Å²) in [5.74, 6) is 0.817. The van der Waals surface area contributed by atoms with Gasteiger partial charge < -0.3 is 10.1 Å². The highest BCUT2D eigenvalue weighted by molar-refractivity contribution is 9.10.